The molecule has 4 aromatic rings. The molecule has 1 amide bonds. The van der Waals surface area contributed by atoms with Crippen LogP contribution in [-0.4, -0.2) is 25.7 Å². The van der Waals surface area contributed by atoms with Crippen LogP contribution in [-0.2, 0) is 13.0 Å². The molecular weight excluding hydrogens is 425 g/mol. The number of carbonyl (C=O) groups is 1. The maximum Gasteiger partial charge on any atom is 0.261 e. The summed E-state index contributed by atoms with van der Waals surface area (Å²) in [6, 6.07) is 10.1. The lowest BCUT2D eigenvalue weighted by Gasteiger charge is -2.06. The lowest BCUT2D eigenvalue weighted by atomic mass is 10.0. The van der Waals surface area contributed by atoms with Gasteiger partial charge in [0.25, 0.3) is 5.91 Å². The van der Waals surface area contributed by atoms with E-state index in [9.17, 15) is 9.18 Å². The van der Waals surface area contributed by atoms with Gasteiger partial charge in [0, 0.05) is 29.2 Å². The molecule has 0 bridgehead atoms. The third-order valence-electron chi connectivity index (χ3n) is 5.22. The minimum Gasteiger partial charge on any atom is -0.298 e. The molecule has 0 spiro atoms. The number of nitrogens with zero attached hydrogens (tertiary/aromatic N) is 4. The molecular formula is C24H18FN5OS. The Labute approximate surface area is 188 Å². The number of rotatable bonds is 4. The summed E-state index contributed by atoms with van der Waals surface area (Å²) < 4.78 is 16.3. The van der Waals surface area contributed by atoms with Crippen LogP contribution in [0.15, 0.2) is 48.0 Å². The maximum atomic E-state index is 14.5. The normalized spacial score (nSPS) is 12.2. The molecule has 0 radical (unpaired) electrons. The highest BCUT2D eigenvalue weighted by Gasteiger charge is 2.29. The fourth-order valence-electron chi connectivity index (χ4n) is 3.78. The summed E-state index contributed by atoms with van der Waals surface area (Å²) in [5, 5.41) is 9.69. The first-order valence-electron chi connectivity index (χ1n) is 10.1. The van der Waals surface area contributed by atoms with Crippen LogP contribution in [0.25, 0.3) is 22.6 Å². The van der Waals surface area contributed by atoms with Gasteiger partial charge in [-0.3, -0.25) is 19.8 Å². The predicted molar refractivity (Wildman–Crippen MR) is 122 cm³/mol. The average molecular weight is 444 g/mol. The molecule has 1 aliphatic heterocycles. The van der Waals surface area contributed by atoms with Gasteiger partial charge in [-0.1, -0.05) is 18.1 Å². The van der Waals surface area contributed by atoms with Crippen LogP contribution in [0, 0.1) is 17.7 Å². The van der Waals surface area contributed by atoms with Crippen molar-refractivity contribution in [1.29, 1.82) is 0 Å². The minimum absolute atomic E-state index is 0.318. The summed E-state index contributed by atoms with van der Waals surface area (Å²) in [7, 11) is 0. The average Bonchev–Trinajstić information content (AvgIpc) is 3.51. The number of hydrogen-bond donors (Lipinski definition) is 1. The van der Waals surface area contributed by atoms with Gasteiger partial charge in [0.05, 0.1) is 17.0 Å². The number of halogens is 1. The number of pyridine rings is 1. The van der Waals surface area contributed by atoms with Gasteiger partial charge in [0.1, 0.15) is 17.2 Å². The molecule has 8 heteroatoms. The molecule has 1 aromatic carbocycles. The summed E-state index contributed by atoms with van der Waals surface area (Å²) in [4.78, 5) is 22.2. The molecule has 1 N–H and O–H groups in total. The van der Waals surface area contributed by atoms with Crippen LogP contribution >= 0.6 is 11.3 Å². The first kappa shape index (κ1) is 20.1. The van der Waals surface area contributed by atoms with E-state index in [0.29, 0.717) is 33.3 Å². The monoisotopic (exact) mass is 443 g/mol. The number of hydrogen-bond acceptors (Lipinski definition) is 5. The number of amides is 1. The Bertz CT molecular complexity index is 1380. The van der Waals surface area contributed by atoms with Crippen molar-refractivity contribution in [2.45, 2.75) is 26.3 Å². The van der Waals surface area contributed by atoms with E-state index in [2.05, 4.69) is 32.2 Å². The number of anilines is 1. The number of fused-ring (bicyclic) bond motifs is 1. The van der Waals surface area contributed by atoms with Crippen LogP contribution in [0.1, 0.15) is 35.0 Å². The van der Waals surface area contributed by atoms with Gasteiger partial charge in [-0.2, -0.15) is 5.10 Å². The molecule has 0 saturated carbocycles. The maximum absolute atomic E-state index is 14.5. The summed E-state index contributed by atoms with van der Waals surface area (Å²) in [6.45, 7) is 2.49. The van der Waals surface area contributed by atoms with Gasteiger partial charge in [-0.15, -0.1) is 17.3 Å². The van der Waals surface area contributed by atoms with E-state index < -0.39 is 5.82 Å². The topological polar surface area (TPSA) is 72.7 Å². The molecule has 0 saturated heterocycles. The van der Waals surface area contributed by atoms with Crippen LogP contribution in [0.4, 0.5) is 9.52 Å². The van der Waals surface area contributed by atoms with E-state index in [1.807, 2.05) is 17.5 Å². The Balaban J connectivity index is 1.44. The highest BCUT2D eigenvalue weighted by atomic mass is 32.1. The highest BCUT2D eigenvalue weighted by molar-refractivity contribution is 7.14. The van der Waals surface area contributed by atoms with E-state index >= 15 is 0 Å². The van der Waals surface area contributed by atoms with Crippen LogP contribution in [0.5, 0.6) is 0 Å². The van der Waals surface area contributed by atoms with Crippen LogP contribution in [0.2, 0.25) is 0 Å². The second-order valence-electron chi connectivity index (χ2n) is 7.28. The van der Waals surface area contributed by atoms with E-state index in [4.69, 9.17) is 0 Å². The fraction of sp³-hybridized carbons (Fsp3) is 0.167. The zero-order valence-electron chi connectivity index (χ0n) is 17.2. The van der Waals surface area contributed by atoms with Crippen molar-refractivity contribution in [3.05, 3.63) is 70.6 Å². The smallest absolute Gasteiger partial charge is 0.261 e. The predicted octanol–water partition coefficient (Wildman–Crippen LogP) is 4.78. The van der Waals surface area contributed by atoms with Crippen LogP contribution in [0.3, 0.4) is 0 Å². The summed E-state index contributed by atoms with van der Waals surface area (Å²) in [5.41, 5.74) is 4.10. The molecule has 158 valence electrons. The summed E-state index contributed by atoms with van der Waals surface area (Å²) in [5.74, 6) is 5.05. The quantitative estimate of drug-likeness (QED) is 0.461. The standard InChI is InChI=1S/C24H18FN5OS/c1-2-6-15-10-11-18(26-13-15)19-14-32-24(27-19)28-23(31)21-20-9-5-12-30(20)29-22(21)16-7-3-4-8-17(16)25/h3-4,7-8,10-11,13-14H,5,9,12H2,1H3,(H,27,28,31). The van der Waals surface area contributed by atoms with E-state index in [-0.39, 0.29) is 5.91 Å². The van der Waals surface area contributed by atoms with E-state index in [1.54, 1.807) is 36.0 Å². The molecule has 0 unspecified atom stereocenters. The third-order valence-corrected chi connectivity index (χ3v) is 5.97. The van der Waals surface area contributed by atoms with Crippen molar-refractivity contribution in [3.63, 3.8) is 0 Å². The van der Waals surface area contributed by atoms with E-state index in [1.165, 1.54) is 17.4 Å². The zero-order chi connectivity index (χ0) is 22.1. The van der Waals surface area contributed by atoms with Gasteiger partial charge in [0.15, 0.2) is 5.13 Å². The second kappa shape index (κ2) is 8.36. The van der Waals surface area contributed by atoms with Gasteiger partial charge < -0.3 is 0 Å². The Morgan fingerprint density at radius 2 is 2.09 bits per heavy atom. The molecule has 5 rings (SSSR count). The van der Waals surface area contributed by atoms with Crippen molar-refractivity contribution in [2.75, 3.05) is 5.32 Å². The van der Waals surface area contributed by atoms with Gasteiger partial charge in [0.2, 0.25) is 0 Å². The molecule has 32 heavy (non-hydrogen) atoms. The van der Waals surface area contributed by atoms with E-state index in [0.717, 1.165) is 30.6 Å². The van der Waals surface area contributed by atoms with Crippen molar-refractivity contribution in [2.24, 2.45) is 0 Å². The molecule has 0 atom stereocenters. The number of aromatic nitrogens is 4. The van der Waals surface area contributed by atoms with Crippen LogP contribution < -0.4 is 5.32 Å². The first-order chi connectivity index (χ1) is 15.6. The molecule has 4 heterocycles. The van der Waals surface area contributed by atoms with Crippen molar-refractivity contribution >= 4 is 22.4 Å². The SMILES string of the molecule is CC#Cc1ccc(-c2csc(NC(=O)c3c(-c4ccccc4F)nn4c3CCC4)n2)nc1. The first-order valence-corrected chi connectivity index (χ1v) is 11.0. The van der Waals surface area contributed by atoms with Gasteiger partial charge >= 0.3 is 0 Å². The largest absolute Gasteiger partial charge is 0.298 e. The second-order valence-corrected chi connectivity index (χ2v) is 8.13. The van der Waals surface area contributed by atoms with Gasteiger partial charge in [-0.05, 0) is 44.0 Å². The Hall–Kier alpha value is -3.83. The number of nitrogens with one attached hydrogen (secondary N) is 1. The summed E-state index contributed by atoms with van der Waals surface area (Å²) >= 11 is 1.31. The molecule has 3 aromatic heterocycles. The van der Waals surface area contributed by atoms with Crippen molar-refractivity contribution < 1.29 is 9.18 Å². The Morgan fingerprint density at radius 1 is 1.22 bits per heavy atom. The fourth-order valence-corrected chi connectivity index (χ4v) is 4.48. The van der Waals surface area contributed by atoms with Crippen molar-refractivity contribution in [3.8, 4) is 34.5 Å². The number of carbonyl (C=O) groups excluding carboxylic acids is 1. The lowest BCUT2D eigenvalue weighted by Crippen LogP contribution is -2.14. The lowest BCUT2D eigenvalue weighted by molar-refractivity contribution is 0.102. The molecule has 6 nitrogen and oxygen atoms in total. The summed E-state index contributed by atoms with van der Waals surface area (Å²) in [6.07, 6.45) is 3.33. The number of benzene rings is 1. The molecule has 0 aliphatic carbocycles. The van der Waals surface area contributed by atoms with Crippen molar-refractivity contribution in [1.82, 2.24) is 19.7 Å². The Kier molecular flexibility index (Phi) is 5.25. The third kappa shape index (κ3) is 3.67. The zero-order valence-corrected chi connectivity index (χ0v) is 18.0. The Morgan fingerprint density at radius 3 is 2.88 bits per heavy atom. The number of aryl methyl sites for hydroxylation is 1. The minimum atomic E-state index is -0.405. The highest BCUT2D eigenvalue weighted by Crippen LogP contribution is 2.32. The molecule has 0 fully saturated rings. The van der Waals surface area contributed by atoms with Gasteiger partial charge in [-0.25, -0.2) is 9.37 Å². The number of thiazole rings is 1. The molecule has 1 aliphatic rings.